The molecule has 2 N–H and O–H groups in total. The number of hydrogen-bond donors (Lipinski definition) is 1. The van der Waals surface area contributed by atoms with Gasteiger partial charge in [-0.2, -0.15) is 4.98 Å². The van der Waals surface area contributed by atoms with Gasteiger partial charge in [0.1, 0.15) is 0 Å². The molecule has 0 aromatic carbocycles. The van der Waals surface area contributed by atoms with Crippen LogP contribution in [0.25, 0.3) is 0 Å². The first-order valence-corrected chi connectivity index (χ1v) is 5.31. The Labute approximate surface area is 83.9 Å². The molecule has 78 valence electrons. The SMILES string of the molecule is CCC(c1nc(C2CC2)no1)C(C)N. The van der Waals surface area contributed by atoms with Gasteiger partial charge in [-0.1, -0.05) is 12.1 Å². The molecule has 0 saturated heterocycles. The molecule has 4 nitrogen and oxygen atoms in total. The number of nitrogens with two attached hydrogens (primary N) is 1. The van der Waals surface area contributed by atoms with Crippen molar-refractivity contribution in [3.05, 3.63) is 11.7 Å². The molecule has 0 radical (unpaired) electrons. The molecule has 0 spiro atoms. The summed E-state index contributed by atoms with van der Waals surface area (Å²) in [4.78, 5) is 4.41. The summed E-state index contributed by atoms with van der Waals surface area (Å²) < 4.78 is 5.24. The quantitative estimate of drug-likeness (QED) is 0.795. The molecule has 1 aromatic heterocycles. The van der Waals surface area contributed by atoms with E-state index in [0.29, 0.717) is 11.8 Å². The van der Waals surface area contributed by atoms with Gasteiger partial charge in [0.25, 0.3) is 0 Å². The summed E-state index contributed by atoms with van der Waals surface area (Å²) in [5.41, 5.74) is 5.85. The molecule has 2 rings (SSSR count). The summed E-state index contributed by atoms with van der Waals surface area (Å²) in [5, 5.41) is 3.99. The maximum atomic E-state index is 5.85. The first-order chi connectivity index (χ1) is 6.72. The fraction of sp³-hybridized carbons (Fsp3) is 0.800. The molecule has 0 bridgehead atoms. The van der Waals surface area contributed by atoms with E-state index in [4.69, 9.17) is 10.3 Å². The predicted molar refractivity (Wildman–Crippen MR) is 53.0 cm³/mol. The Morgan fingerprint density at radius 2 is 2.29 bits per heavy atom. The summed E-state index contributed by atoms with van der Waals surface area (Å²) in [6.45, 7) is 4.07. The number of hydrogen-bond acceptors (Lipinski definition) is 4. The molecule has 1 heterocycles. The Balaban J connectivity index is 2.13. The maximum Gasteiger partial charge on any atom is 0.231 e. The predicted octanol–water partition coefficient (Wildman–Crippen LogP) is 1.79. The van der Waals surface area contributed by atoms with Gasteiger partial charge in [-0.25, -0.2) is 0 Å². The summed E-state index contributed by atoms with van der Waals surface area (Å²) in [7, 11) is 0. The third kappa shape index (κ3) is 1.80. The Hall–Kier alpha value is -0.900. The van der Waals surface area contributed by atoms with E-state index in [1.807, 2.05) is 6.92 Å². The van der Waals surface area contributed by atoms with Crippen molar-refractivity contribution >= 4 is 0 Å². The van der Waals surface area contributed by atoms with E-state index >= 15 is 0 Å². The number of aromatic nitrogens is 2. The lowest BCUT2D eigenvalue weighted by molar-refractivity contribution is 0.331. The Bertz CT molecular complexity index is 304. The Kier molecular flexibility index (Phi) is 2.54. The van der Waals surface area contributed by atoms with Crippen LogP contribution in [0.5, 0.6) is 0 Å². The second-order valence-corrected chi connectivity index (χ2v) is 4.14. The zero-order valence-corrected chi connectivity index (χ0v) is 8.73. The van der Waals surface area contributed by atoms with Crippen LogP contribution in [0.3, 0.4) is 0 Å². The maximum absolute atomic E-state index is 5.85. The molecule has 0 amide bonds. The fourth-order valence-electron chi connectivity index (χ4n) is 1.68. The normalized spacial score (nSPS) is 20.8. The van der Waals surface area contributed by atoms with Crippen LogP contribution in [0.1, 0.15) is 56.7 Å². The van der Waals surface area contributed by atoms with E-state index in [0.717, 1.165) is 12.2 Å². The van der Waals surface area contributed by atoms with Crippen LogP contribution in [0.15, 0.2) is 4.52 Å². The minimum atomic E-state index is 0.0764. The zero-order chi connectivity index (χ0) is 10.1. The van der Waals surface area contributed by atoms with Crippen molar-refractivity contribution in [1.82, 2.24) is 10.1 Å². The standard InChI is InChI=1S/C10H17N3O/c1-3-8(6(2)11)10-12-9(13-14-10)7-4-5-7/h6-8H,3-5,11H2,1-2H3. The van der Waals surface area contributed by atoms with Gasteiger partial charge in [-0.15, -0.1) is 0 Å². The van der Waals surface area contributed by atoms with Crippen LogP contribution in [0, 0.1) is 0 Å². The molecule has 1 saturated carbocycles. The summed E-state index contributed by atoms with van der Waals surface area (Å²) in [6, 6.07) is 0.0764. The lowest BCUT2D eigenvalue weighted by Crippen LogP contribution is -2.24. The van der Waals surface area contributed by atoms with Crippen LogP contribution in [0.4, 0.5) is 0 Å². The van der Waals surface area contributed by atoms with Crippen molar-refractivity contribution in [2.45, 2.75) is 51.0 Å². The van der Waals surface area contributed by atoms with Crippen molar-refractivity contribution in [2.75, 3.05) is 0 Å². The molecular weight excluding hydrogens is 178 g/mol. The van der Waals surface area contributed by atoms with E-state index < -0.39 is 0 Å². The van der Waals surface area contributed by atoms with Crippen molar-refractivity contribution in [2.24, 2.45) is 5.73 Å². The van der Waals surface area contributed by atoms with Crippen LogP contribution >= 0.6 is 0 Å². The van der Waals surface area contributed by atoms with Gasteiger partial charge in [0.05, 0.1) is 5.92 Å². The second kappa shape index (κ2) is 3.69. The lowest BCUT2D eigenvalue weighted by Gasteiger charge is -2.13. The molecule has 1 aliphatic rings. The largest absolute Gasteiger partial charge is 0.339 e. The molecule has 1 aromatic rings. The average Bonchev–Trinajstić information content (AvgIpc) is 2.88. The molecular formula is C10H17N3O. The molecule has 1 aliphatic carbocycles. The first-order valence-electron chi connectivity index (χ1n) is 5.31. The van der Waals surface area contributed by atoms with Gasteiger partial charge in [0.15, 0.2) is 5.82 Å². The first kappa shape index (κ1) is 9.65. The van der Waals surface area contributed by atoms with E-state index in [1.54, 1.807) is 0 Å². The second-order valence-electron chi connectivity index (χ2n) is 4.14. The van der Waals surface area contributed by atoms with Crippen molar-refractivity contribution in [3.63, 3.8) is 0 Å². The molecule has 2 unspecified atom stereocenters. The van der Waals surface area contributed by atoms with E-state index in [9.17, 15) is 0 Å². The summed E-state index contributed by atoms with van der Waals surface area (Å²) >= 11 is 0. The van der Waals surface area contributed by atoms with E-state index in [2.05, 4.69) is 17.1 Å². The number of nitrogens with zero attached hydrogens (tertiary/aromatic N) is 2. The molecule has 4 heteroatoms. The van der Waals surface area contributed by atoms with Gasteiger partial charge in [-0.05, 0) is 26.2 Å². The summed E-state index contributed by atoms with van der Waals surface area (Å²) in [5.74, 6) is 2.34. The Morgan fingerprint density at radius 3 is 2.79 bits per heavy atom. The van der Waals surface area contributed by atoms with Crippen LogP contribution in [-0.4, -0.2) is 16.2 Å². The van der Waals surface area contributed by atoms with E-state index in [-0.39, 0.29) is 12.0 Å². The minimum Gasteiger partial charge on any atom is -0.339 e. The topological polar surface area (TPSA) is 64.9 Å². The van der Waals surface area contributed by atoms with Crippen molar-refractivity contribution in [1.29, 1.82) is 0 Å². The number of rotatable bonds is 4. The van der Waals surface area contributed by atoms with Gasteiger partial charge < -0.3 is 10.3 Å². The van der Waals surface area contributed by atoms with E-state index in [1.165, 1.54) is 12.8 Å². The minimum absolute atomic E-state index is 0.0764. The zero-order valence-electron chi connectivity index (χ0n) is 8.73. The third-order valence-electron chi connectivity index (χ3n) is 2.79. The highest BCUT2D eigenvalue weighted by Crippen LogP contribution is 2.38. The average molecular weight is 195 g/mol. The van der Waals surface area contributed by atoms with Gasteiger partial charge >= 0.3 is 0 Å². The molecule has 14 heavy (non-hydrogen) atoms. The third-order valence-corrected chi connectivity index (χ3v) is 2.79. The summed E-state index contributed by atoms with van der Waals surface area (Å²) in [6.07, 6.45) is 3.35. The van der Waals surface area contributed by atoms with Gasteiger partial charge in [-0.3, -0.25) is 0 Å². The van der Waals surface area contributed by atoms with Crippen molar-refractivity contribution in [3.8, 4) is 0 Å². The van der Waals surface area contributed by atoms with Crippen LogP contribution < -0.4 is 5.73 Å². The van der Waals surface area contributed by atoms with Crippen molar-refractivity contribution < 1.29 is 4.52 Å². The van der Waals surface area contributed by atoms with Gasteiger partial charge in [0, 0.05) is 12.0 Å². The highest BCUT2D eigenvalue weighted by atomic mass is 16.5. The van der Waals surface area contributed by atoms with Gasteiger partial charge in [0.2, 0.25) is 5.89 Å². The lowest BCUT2D eigenvalue weighted by atomic mass is 9.99. The highest BCUT2D eigenvalue weighted by Gasteiger charge is 2.30. The molecule has 0 aliphatic heterocycles. The smallest absolute Gasteiger partial charge is 0.231 e. The van der Waals surface area contributed by atoms with Crippen LogP contribution in [0.2, 0.25) is 0 Å². The monoisotopic (exact) mass is 195 g/mol. The van der Waals surface area contributed by atoms with Crippen LogP contribution in [-0.2, 0) is 0 Å². The molecule has 2 atom stereocenters. The molecule has 1 fully saturated rings. The fourth-order valence-corrected chi connectivity index (χ4v) is 1.68. The Morgan fingerprint density at radius 1 is 1.57 bits per heavy atom. The highest BCUT2D eigenvalue weighted by molar-refractivity contribution is 5.06.